The van der Waals surface area contributed by atoms with Crippen molar-refractivity contribution in [3.63, 3.8) is 0 Å². The number of methoxy groups -OCH3 is 3. The third-order valence-corrected chi connectivity index (χ3v) is 4.16. The Morgan fingerprint density at radius 2 is 1.74 bits per heavy atom. The van der Waals surface area contributed by atoms with E-state index in [1.54, 1.807) is 57.7 Å². The van der Waals surface area contributed by atoms with Gasteiger partial charge in [-0.3, -0.25) is 4.79 Å². The zero-order chi connectivity index (χ0) is 19.8. The molecule has 0 bridgehead atoms. The maximum absolute atomic E-state index is 12.5. The molecule has 0 unspecified atom stereocenters. The maximum atomic E-state index is 12.5. The Labute approximate surface area is 164 Å². The van der Waals surface area contributed by atoms with E-state index in [1.807, 2.05) is 6.92 Å². The molecule has 0 aliphatic carbocycles. The Kier molecular flexibility index (Phi) is 7.61. The fraction of sp³-hybridized carbons (Fsp3) is 0.350. The molecule has 2 rings (SSSR count). The zero-order valence-electron chi connectivity index (χ0n) is 15.9. The number of amides is 1. The molecule has 0 aliphatic heterocycles. The fourth-order valence-corrected chi connectivity index (χ4v) is 2.75. The molecule has 1 N–H and O–H groups in total. The van der Waals surface area contributed by atoms with Crippen molar-refractivity contribution < 1.29 is 23.7 Å². The summed E-state index contributed by atoms with van der Waals surface area (Å²) >= 11 is 5.96. The number of halogens is 1. The summed E-state index contributed by atoms with van der Waals surface area (Å²) in [6, 6.07) is 10.6. The van der Waals surface area contributed by atoms with Gasteiger partial charge in [0.05, 0.1) is 21.3 Å². The zero-order valence-corrected chi connectivity index (χ0v) is 16.6. The molecule has 146 valence electrons. The summed E-state index contributed by atoms with van der Waals surface area (Å²) in [6.07, 6.45) is -0.0985. The van der Waals surface area contributed by atoms with Gasteiger partial charge in [-0.25, -0.2) is 0 Å². The highest BCUT2D eigenvalue weighted by atomic mass is 35.5. The first-order valence-electron chi connectivity index (χ1n) is 8.51. The SMILES string of the molecule is CC[C@@H](Oc1cccc(Cl)c1)C(=O)NCc1cc(OC)c(OC)c(OC)c1. The number of carbonyl (C=O) groups is 1. The van der Waals surface area contributed by atoms with Crippen LogP contribution >= 0.6 is 11.6 Å². The van der Waals surface area contributed by atoms with E-state index in [0.29, 0.717) is 41.0 Å². The van der Waals surface area contributed by atoms with E-state index in [1.165, 1.54) is 0 Å². The average Bonchev–Trinajstić information content (AvgIpc) is 2.69. The first-order chi connectivity index (χ1) is 13.0. The second-order valence-corrected chi connectivity index (χ2v) is 6.16. The second kappa shape index (κ2) is 9.92. The van der Waals surface area contributed by atoms with Gasteiger partial charge in [-0.15, -0.1) is 0 Å². The van der Waals surface area contributed by atoms with E-state index in [4.69, 9.17) is 30.5 Å². The first kappa shape index (κ1) is 20.7. The van der Waals surface area contributed by atoms with Crippen LogP contribution in [-0.2, 0) is 11.3 Å². The van der Waals surface area contributed by atoms with Crippen molar-refractivity contribution in [3.05, 3.63) is 47.0 Å². The Morgan fingerprint density at radius 1 is 1.07 bits per heavy atom. The minimum Gasteiger partial charge on any atom is -0.493 e. The van der Waals surface area contributed by atoms with Crippen LogP contribution in [-0.4, -0.2) is 33.3 Å². The molecule has 1 amide bonds. The molecular formula is C20H24ClNO5. The highest BCUT2D eigenvalue weighted by Gasteiger charge is 2.19. The normalized spacial score (nSPS) is 11.4. The third-order valence-electron chi connectivity index (χ3n) is 3.93. The largest absolute Gasteiger partial charge is 0.493 e. The lowest BCUT2D eigenvalue weighted by molar-refractivity contribution is -0.128. The standard InChI is InChI=1S/C20H24ClNO5/c1-5-16(27-15-8-6-7-14(21)11-15)20(23)22-12-13-9-17(24-2)19(26-4)18(10-13)25-3/h6-11,16H,5,12H2,1-4H3,(H,22,23)/t16-/m1/s1. The molecular weight excluding hydrogens is 370 g/mol. The van der Waals surface area contributed by atoms with Crippen molar-refractivity contribution in [2.45, 2.75) is 26.0 Å². The van der Waals surface area contributed by atoms with E-state index >= 15 is 0 Å². The fourth-order valence-electron chi connectivity index (χ4n) is 2.57. The molecule has 0 saturated heterocycles. The van der Waals surface area contributed by atoms with Gasteiger partial charge in [0, 0.05) is 11.6 Å². The number of rotatable bonds is 9. The molecule has 0 radical (unpaired) electrons. The van der Waals surface area contributed by atoms with Gasteiger partial charge in [0.2, 0.25) is 5.75 Å². The molecule has 7 heteroatoms. The average molecular weight is 394 g/mol. The molecule has 0 saturated carbocycles. The van der Waals surface area contributed by atoms with E-state index in [-0.39, 0.29) is 5.91 Å². The van der Waals surface area contributed by atoms with E-state index in [9.17, 15) is 4.79 Å². The van der Waals surface area contributed by atoms with Crippen LogP contribution in [0.15, 0.2) is 36.4 Å². The van der Waals surface area contributed by atoms with Gasteiger partial charge in [-0.2, -0.15) is 0 Å². The third kappa shape index (κ3) is 5.44. The van der Waals surface area contributed by atoms with Crippen LogP contribution in [0.25, 0.3) is 0 Å². The van der Waals surface area contributed by atoms with Crippen LogP contribution < -0.4 is 24.3 Å². The van der Waals surface area contributed by atoms with Crippen molar-refractivity contribution in [2.75, 3.05) is 21.3 Å². The summed E-state index contributed by atoms with van der Waals surface area (Å²) < 4.78 is 21.7. The van der Waals surface area contributed by atoms with Crippen LogP contribution in [0, 0.1) is 0 Å². The minimum atomic E-state index is -0.620. The highest BCUT2D eigenvalue weighted by Crippen LogP contribution is 2.38. The Morgan fingerprint density at radius 3 is 2.26 bits per heavy atom. The quantitative estimate of drug-likeness (QED) is 0.701. The number of hydrogen-bond acceptors (Lipinski definition) is 5. The van der Waals surface area contributed by atoms with Crippen LogP contribution in [0.5, 0.6) is 23.0 Å². The number of benzene rings is 2. The molecule has 1 atom stereocenters. The van der Waals surface area contributed by atoms with Gasteiger partial charge in [-0.1, -0.05) is 24.6 Å². The van der Waals surface area contributed by atoms with Crippen LogP contribution in [0.1, 0.15) is 18.9 Å². The van der Waals surface area contributed by atoms with Gasteiger partial charge in [0.25, 0.3) is 5.91 Å². The summed E-state index contributed by atoms with van der Waals surface area (Å²) in [5, 5.41) is 3.43. The lowest BCUT2D eigenvalue weighted by Gasteiger charge is -2.18. The van der Waals surface area contributed by atoms with Gasteiger partial charge in [0.1, 0.15) is 5.75 Å². The van der Waals surface area contributed by atoms with Crippen molar-refractivity contribution in [2.24, 2.45) is 0 Å². The Balaban J connectivity index is 2.07. The van der Waals surface area contributed by atoms with Gasteiger partial charge >= 0.3 is 0 Å². The monoisotopic (exact) mass is 393 g/mol. The van der Waals surface area contributed by atoms with E-state index in [2.05, 4.69) is 5.32 Å². The molecule has 0 heterocycles. The van der Waals surface area contributed by atoms with Gasteiger partial charge < -0.3 is 24.3 Å². The van der Waals surface area contributed by atoms with Crippen molar-refractivity contribution in [3.8, 4) is 23.0 Å². The molecule has 0 fully saturated rings. The molecule has 27 heavy (non-hydrogen) atoms. The van der Waals surface area contributed by atoms with Crippen molar-refractivity contribution >= 4 is 17.5 Å². The molecule has 0 spiro atoms. The number of nitrogens with one attached hydrogen (secondary N) is 1. The molecule has 0 aliphatic rings. The lowest BCUT2D eigenvalue weighted by atomic mass is 10.1. The van der Waals surface area contributed by atoms with E-state index in [0.717, 1.165) is 5.56 Å². The van der Waals surface area contributed by atoms with E-state index < -0.39 is 6.10 Å². The first-order valence-corrected chi connectivity index (χ1v) is 8.89. The molecule has 0 aromatic heterocycles. The lowest BCUT2D eigenvalue weighted by Crippen LogP contribution is -2.37. The number of carbonyl (C=O) groups excluding carboxylic acids is 1. The maximum Gasteiger partial charge on any atom is 0.261 e. The topological polar surface area (TPSA) is 66.0 Å². The Hall–Kier alpha value is -2.60. The molecule has 2 aromatic carbocycles. The number of ether oxygens (including phenoxy) is 4. The summed E-state index contributed by atoms with van der Waals surface area (Å²) in [6.45, 7) is 2.18. The molecule has 2 aromatic rings. The van der Waals surface area contributed by atoms with Crippen molar-refractivity contribution in [1.82, 2.24) is 5.32 Å². The second-order valence-electron chi connectivity index (χ2n) is 5.72. The predicted octanol–water partition coefficient (Wildman–Crippen LogP) is 3.84. The minimum absolute atomic E-state index is 0.216. The summed E-state index contributed by atoms with van der Waals surface area (Å²) in [4.78, 5) is 12.5. The smallest absolute Gasteiger partial charge is 0.261 e. The summed E-state index contributed by atoms with van der Waals surface area (Å²) in [5.74, 6) is 1.90. The van der Waals surface area contributed by atoms with Crippen LogP contribution in [0.2, 0.25) is 5.02 Å². The summed E-state index contributed by atoms with van der Waals surface area (Å²) in [7, 11) is 4.64. The van der Waals surface area contributed by atoms with Crippen molar-refractivity contribution in [1.29, 1.82) is 0 Å². The highest BCUT2D eigenvalue weighted by molar-refractivity contribution is 6.30. The predicted molar refractivity (Wildman–Crippen MR) is 104 cm³/mol. The summed E-state index contributed by atoms with van der Waals surface area (Å²) in [5.41, 5.74) is 0.815. The van der Waals surface area contributed by atoms with Crippen LogP contribution in [0.3, 0.4) is 0 Å². The number of hydrogen-bond donors (Lipinski definition) is 1. The molecule has 6 nitrogen and oxygen atoms in total. The van der Waals surface area contributed by atoms with Gasteiger partial charge in [0.15, 0.2) is 17.6 Å². The van der Waals surface area contributed by atoms with Crippen LogP contribution in [0.4, 0.5) is 0 Å². The van der Waals surface area contributed by atoms with Gasteiger partial charge in [-0.05, 0) is 42.3 Å². The Bertz CT molecular complexity index is 756.